The van der Waals surface area contributed by atoms with Crippen molar-refractivity contribution in [2.45, 2.75) is 38.5 Å². The van der Waals surface area contributed by atoms with E-state index in [0.29, 0.717) is 22.9 Å². The summed E-state index contributed by atoms with van der Waals surface area (Å²) in [5, 5.41) is 12.4. The predicted octanol–water partition coefficient (Wildman–Crippen LogP) is 3.75. The molecule has 2 aromatic rings. The molecule has 7 heteroatoms. The van der Waals surface area contributed by atoms with Crippen LogP contribution in [-0.2, 0) is 22.6 Å². The molecule has 0 bridgehead atoms. The molecule has 1 saturated heterocycles. The minimum absolute atomic E-state index is 0.0691. The van der Waals surface area contributed by atoms with Gasteiger partial charge in [-0.1, -0.05) is 37.7 Å². The molecular weight excluding hydrogens is 374 g/mol. The number of benzene rings is 1. The number of thioether (sulfide) groups is 1. The van der Waals surface area contributed by atoms with Crippen LogP contribution in [0.1, 0.15) is 31.6 Å². The van der Waals surface area contributed by atoms with Gasteiger partial charge in [-0.25, -0.2) is 0 Å². The first-order valence-electron chi connectivity index (χ1n) is 9.13. The van der Waals surface area contributed by atoms with E-state index in [0.717, 1.165) is 12.0 Å². The number of nitrogens with zero attached hydrogens (tertiary/aromatic N) is 2. The van der Waals surface area contributed by atoms with Crippen molar-refractivity contribution in [1.82, 2.24) is 5.32 Å². The number of hydrogen-bond donors (Lipinski definition) is 1. The number of carbonyl (C=O) groups excluding carboxylic acids is 2. The summed E-state index contributed by atoms with van der Waals surface area (Å²) in [5.74, 6) is -0.0521. The molecule has 6 nitrogen and oxygen atoms in total. The van der Waals surface area contributed by atoms with Crippen molar-refractivity contribution in [3.05, 3.63) is 64.6 Å². The molecule has 2 heterocycles. The van der Waals surface area contributed by atoms with E-state index >= 15 is 0 Å². The van der Waals surface area contributed by atoms with Crippen molar-refractivity contribution in [2.75, 3.05) is 4.90 Å². The molecule has 1 aliphatic rings. The standard InChI is InChI=1S/C21H21N3O3S/c1-3-14-7-9-15(10-8-14)24-20(26)18(4-2)28-21(24)17(12-22)19(25)23-13-16-6-5-11-27-16/h5-11,18H,3-4,13H2,1-2H3,(H,23,25)/b21-17-. The monoisotopic (exact) mass is 395 g/mol. The van der Waals surface area contributed by atoms with E-state index in [9.17, 15) is 14.9 Å². The van der Waals surface area contributed by atoms with E-state index in [1.165, 1.54) is 22.9 Å². The number of nitrogens with one attached hydrogen (secondary N) is 1. The molecule has 0 spiro atoms. The molecule has 0 radical (unpaired) electrons. The van der Waals surface area contributed by atoms with Crippen molar-refractivity contribution < 1.29 is 14.0 Å². The quantitative estimate of drug-likeness (QED) is 0.595. The Morgan fingerprint density at radius 2 is 2.04 bits per heavy atom. The number of nitriles is 1. The summed E-state index contributed by atoms with van der Waals surface area (Å²) in [6, 6.07) is 13.1. The molecule has 28 heavy (non-hydrogen) atoms. The minimum atomic E-state index is -0.527. The maximum Gasteiger partial charge on any atom is 0.265 e. The Morgan fingerprint density at radius 1 is 1.29 bits per heavy atom. The van der Waals surface area contributed by atoms with Gasteiger partial charge in [0.1, 0.15) is 22.4 Å². The average molecular weight is 395 g/mol. The summed E-state index contributed by atoms with van der Waals surface area (Å²) in [4.78, 5) is 27.0. The minimum Gasteiger partial charge on any atom is -0.467 e. The lowest BCUT2D eigenvalue weighted by Gasteiger charge is -2.19. The van der Waals surface area contributed by atoms with Gasteiger partial charge in [-0.15, -0.1) is 0 Å². The van der Waals surface area contributed by atoms with Crippen molar-refractivity contribution >= 4 is 29.3 Å². The lowest BCUT2D eigenvalue weighted by Crippen LogP contribution is -2.31. The maximum atomic E-state index is 12.9. The van der Waals surface area contributed by atoms with Gasteiger partial charge in [0.2, 0.25) is 5.91 Å². The Bertz CT molecular complexity index is 927. The normalized spacial score (nSPS) is 18.1. The van der Waals surface area contributed by atoms with Crippen LogP contribution in [0.3, 0.4) is 0 Å². The molecule has 1 aliphatic heterocycles. The lowest BCUT2D eigenvalue weighted by atomic mass is 10.1. The van der Waals surface area contributed by atoms with E-state index in [2.05, 4.69) is 12.2 Å². The molecule has 3 rings (SSSR count). The SMILES string of the molecule is CCc1ccc(N2C(=O)C(CC)S/C2=C(/C#N)C(=O)NCc2ccco2)cc1. The topological polar surface area (TPSA) is 86.3 Å². The summed E-state index contributed by atoms with van der Waals surface area (Å²) in [7, 11) is 0. The largest absolute Gasteiger partial charge is 0.467 e. The molecular formula is C21H21N3O3S. The van der Waals surface area contributed by atoms with Crippen LogP contribution in [0, 0.1) is 11.3 Å². The maximum absolute atomic E-state index is 12.9. The molecule has 144 valence electrons. The van der Waals surface area contributed by atoms with Gasteiger partial charge < -0.3 is 9.73 Å². The van der Waals surface area contributed by atoms with Gasteiger partial charge in [-0.2, -0.15) is 5.26 Å². The third kappa shape index (κ3) is 3.97. The third-order valence-corrected chi connectivity index (χ3v) is 5.91. The highest BCUT2D eigenvalue weighted by Gasteiger charge is 2.39. The van der Waals surface area contributed by atoms with Crippen LogP contribution in [0.25, 0.3) is 0 Å². The lowest BCUT2D eigenvalue weighted by molar-refractivity contribution is -0.117. The van der Waals surface area contributed by atoms with Crippen LogP contribution in [-0.4, -0.2) is 17.1 Å². The molecule has 1 aromatic heterocycles. The highest BCUT2D eigenvalue weighted by molar-refractivity contribution is 8.05. The Labute approximate surface area is 168 Å². The number of anilines is 1. The van der Waals surface area contributed by atoms with Crippen LogP contribution in [0.2, 0.25) is 0 Å². The first-order chi connectivity index (χ1) is 13.6. The number of rotatable bonds is 6. The van der Waals surface area contributed by atoms with Crippen molar-refractivity contribution in [3.63, 3.8) is 0 Å². The molecule has 2 amide bonds. The third-order valence-electron chi connectivity index (χ3n) is 4.48. The zero-order chi connectivity index (χ0) is 20.1. The van der Waals surface area contributed by atoms with Crippen LogP contribution in [0.15, 0.2) is 57.7 Å². The Morgan fingerprint density at radius 3 is 2.61 bits per heavy atom. The van der Waals surface area contributed by atoms with E-state index in [1.54, 1.807) is 12.1 Å². The molecule has 0 aliphatic carbocycles. The van der Waals surface area contributed by atoms with Gasteiger partial charge in [-0.05, 0) is 42.7 Å². The summed E-state index contributed by atoms with van der Waals surface area (Å²) in [6.45, 7) is 4.15. The summed E-state index contributed by atoms with van der Waals surface area (Å²) >= 11 is 1.27. The average Bonchev–Trinajstić information content (AvgIpc) is 3.35. The van der Waals surface area contributed by atoms with Gasteiger partial charge in [0.25, 0.3) is 5.91 Å². The van der Waals surface area contributed by atoms with Crippen molar-refractivity contribution in [1.29, 1.82) is 5.26 Å². The smallest absolute Gasteiger partial charge is 0.265 e. The van der Waals surface area contributed by atoms with Gasteiger partial charge in [-0.3, -0.25) is 14.5 Å². The first kappa shape index (κ1) is 19.8. The number of aryl methyl sites for hydroxylation is 1. The van der Waals surface area contributed by atoms with Crippen molar-refractivity contribution in [2.24, 2.45) is 0 Å². The summed E-state index contributed by atoms with van der Waals surface area (Å²) < 4.78 is 5.20. The molecule has 0 saturated carbocycles. The van der Waals surface area contributed by atoms with Gasteiger partial charge in [0.05, 0.1) is 18.1 Å². The highest BCUT2D eigenvalue weighted by atomic mass is 32.2. The van der Waals surface area contributed by atoms with Crippen LogP contribution in [0.5, 0.6) is 0 Å². The van der Waals surface area contributed by atoms with E-state index in [-0.39, 0.29) is 23.3 Å². The number of amides is 2. The van der Waals surface area contributed by atoms with Gasteiger partial charge >= 0.3 is 0 Å². The number of carbonyl (C=O) groups is 2. The molecule has 1 atom stereocenters. The van der Waals surface area contributed by atoms with Crippen molar-refractivity contribution in [3.8, 4) is 6.07 Å². The summed E-state index contributed by atoms with van der Waals surface area (Å²) in [5.41, 5.74) is 1.74. The van der Waals surface area contributed by atoms with E-state index in [4.69, 9.17) is 4.42 Å². The fourth-order valence-electron chi connectivity index (χ4n) is 2.90. The molecule has 1 fully saturated rings. The van der Waals surface area contributed by atoms with Crippen LogP contribution >= 0.6 is 11.8 Å². The Kier molecular flexibility index (Phi) is 6.22. The fourth-order valence-corrected chi connectivity index (χ4v) is 4.10. The molecule has 1 N–H and O–H groups in total. The predicted molar refractivity (Wildman–Crippen MR) is 108 cm³/mol. The van der Waals surface area contributed by atoms with Gasteiger partial charge in [0.15, 0.2) is 0 Å². The Balaban J connectivity index is 1.94. The second kappa shape index (κ2) is 8.81. The molecule has 1 unspecified atom stereocenters. The van der Waals surface area contributed by atoms with E-state index < -0.39 is 5.91 Å². The fraction of sp³-hybridized carbons (Fsp3) is 0.286. The zero-order valence-corrected chi connectivity index (χ0v) is 16.6. The first-order valence-corrected chi connectivity index (χ1v) is 10.0. The van der Waals surface area contributed by atoms with E-state index in [1.807, 2.05) is 37.3 Å². The second-order valence-electron chi connectivity index (χ2n) is 6.26. The molecule has 1 aromatic carbocycles. The number of furan rings is 1. The second-order valence-corrected chi connectivity index (χ2v) is 7.45. The number of hydrogen-bond acceptors (Lipinski definition) is 5. The van der Waals surface area contributed by atoms with Crippen LogP contribution < -0.4 is 10.2 Å². The highest BCUT2D eigenvalue weighted by Crippen LogP contribution is 2.41. The van der Waals surface area contributed by atoms with Crippen LogP contribution in [0.4, 0.5) is 5.69 Å². The summed E-state index contributed by atoms with van der Waals surface area (Å²) in [6.07, 6.45) is 3.02. The Hall–Kier alpha value is -2.98. The van der Waals surface area contributed by atoms with Gasteiger partial charge in [0, 0.05) is 5.69 Å². The zero-order valence-electron chi connectivity index (χ0n) is 15.8.